The van der Waals surface area contributed by atoms with Crippen molar-refractivity contribution in [2.75, 3.05) is 13.1 Å². The second-order valence-electron chi connectivity index (χ2n) is 5.28. The predicted molar refractivity (Wildman–Crippen MR) is 65.3 cm³/mol. The summed E-state index contributed by atoms with van der Waals surface area (Å²) in [5, 5.41) is 11.4. The number of carboxylic acids is 1. The summed E-state index contributed by atoms with van der Waals surface area (Å²) in [6.45, 7) is 3.17. The van der Waals surface area contributed by atoms with Gasteiger partial charge in [0, 0.05) is 18.5 Å². The van der Waals surface area contributed by atoms with Gasteiger partial charge in [0.15, 0.2) is 5.69 Å². The maximum absolute atomic E-state index is 10.7. The molecule has 0 aromatic carbocycles. The number of carboxylic acid groups (broad SMARTS) is 1. The molecule has 1 spiro atoms. The van der Waals surface area contributed by atoms with Gasteiger partial charge in [0.05, 0.1) is 6.54 Å². The number of likely N-dealkylation sites (tertiary alicyclic amines) is 1. The Bertz CT molecular complexity index is 429. The van der Waals surface area contributed by atoms with E-state index in [0.717, 1.165) is 11.6 Å². The fourth-order valence-electron chi connectivity index (χ4n) is 3.13. The lowest BCUT2D eigenvalue weighted by Gasteiger charge is -2.48. The Hall–Kier alpha value is -0.940. The molecular formula is C12H16N2O2S. The second kappa shape index (κ2) is 4.07. The minimum Gasteiger partial charge on any atom is -0.476 e. The van der Waals surface area contributed by atoms with Crippen molar-refractivity contribution in [2.24, 2.45) is 5.41 Å². The summed E-state index contributed by atoms with van der Waals surface area (Å²) in [5.74, 6) is -0.927. The minimum atomic E-state index is -0.927. The molecule has 1 saturated carbocycles. The molecule has 0 unspecified atom stereocenters. The Morgan fingerprint density at radius 1 is 1.47 bits per heavy atom. The van der Waals surface area contributed by atoms with Gasteiger partial charge in [-0.25, -0.2) is 9.78 Å². The molecule has 1 saturated heterocycles. The Labute approximate surface area is 104 Å². The number of thiazole rings is 1. The first kappa shape index (κ1) is 11.2. The third-order valence-corrected chi connectivity index (χ3v) is 4.75. The van der Waals surface area contributed by atoms with Crippen LogP contribution in [0.25, 0.3) is 0 Å². The average Bonchev–Trinajstić information content (AvgIpc) is 2.85. The Kier molecular flexibility index (Phi) is 2.67. The van der Waals surface area contributed by atoms with Gasteiger partial charge in [-0.15, -0.1) is 11.3 Å². The van der Waals surface area contributed by atoms with Gasteiger partial charge in [-0.2, -0.15) is 0 Å². The van der Waals surface area contributed by atoms with E-state index < -0.39 is 5.97 Å². The van der Waals surface area contributed by atoms with E-state index in [-0.39, 0.29) is 5.69 Å². The quantitative estimate of drug-likeness (QED) is 0.896. The average molecular weight is 252 g/mol. The SMILES string of the molecule is O=C(O)c1csc(CN2CC3(CCCC3)C2)n1. The van der Waals surface area contributed by atoms with Crippen LogP contribution in [0.5, 0.6) is 0 Å². The van der Waals surface area contributed by atoms with E-state index in [0.29, 0.717) is 5.41 Å². The summed E-state index contributed by atoms with van der Waals surface area (Å²) in [6, 6.07) is 0. The number of aromatic carboxylic acids is 1. The molecule has 0 bridgehead atoms. The van der Waals surface area contributed by atoms with E-state index in [1.807, 2.05) is 0 Å². The van der Waals surface area contributed by atoms with Crippen LogP contribution >= 0.6 is 11.3 Å². The smallest absolute Gasteiger partial charge is 0.355 e. The maximum Gasteiger partial charge on any atom is 0.355 e. The molecule has 1 aliphatic carbocycles. The Balaban J connectivity index is 1.56. The largest absolute Gasteiger partial charge is 0.476 e. The lowest BCUT2D eigenvalue weighted by molar-refractivity contribution is -0.000333. The zero-order chi connectivity index (χ0) is 11.9. The molecule has 1 aromatic rings. The third kappa shape index (κ3) is 2.09. The summed E-state index contributed by atoms with van der Waals surface area (Å²) < 4.78 is 0. The monoisotopic (exact) mass is 252 g/mol. The lowest BCUT2D eigenvalue weighted by Crippen LogP contribution is -2.54. The molecule has 1 aliphatic heterocycles. The molecule has 3 rings (SSSR count). The van der Waals surface area contributed by atoms with Crippen molar-refractivity contribution in [1.82, 2.24) is 9.88 Å². The van der Waals surface area contributed by atoms with Gasteiger partial charge in [-0.3, -0.25) is 4.90 Å². The van der Waals surface area contributed by atoms with Crippen molar-refractivity contribution in [3.8, 4) is 0 Å². The topological polar surface area (TPSA) is 53.4 Å². The molecule has 0 radical (unpaired) electrons. The fourth-order valence-corrected chi connectivity index (χ4v) is 3.94. The van der Waals surface area contributed by atoms with E-state index in [2.05, 4.69) is 9.88 Å². The molecule has 1 N–H and O–H groups in total. The van der Waals surface area contributed by atoms with Crippen molar-refractivity contribution >= 4 is 17.3 Å². The van der Waals surface area contributed by atoms with Crippen LogP contribution in [0.4, 0.5) is 0 Å². The molecule has 2 fully saturated rings. The Morgan fingerprint density at radius 2 is 2.18 bits per heavy atom. The highest BCUT2D eigenvalue weighted by Gasteiger charge is 2.44. The highest BCUT2D eigenvalue weighted by atomic mass is 32.1. The number of nitrogens with zero attached hydrogens (tertiary/aromatic N) is 2. The summed E-state index contributed by atoms with van der Waals surface area (Å²) >= 11 is 1.45. The maximum atomic E-state index is 10.7. The molecule has 0 amide bonds. The van der Waals surface area contributed by atoms with Gasteiger partial charge >= 0.3 is 5.97 Å². The number of aromatic nitrogens is 1. The van der Waals surface area contributed by atoms with Crippen molar-refractivity contribution in [1.29, 1.82) is 0 Å². The summed E-state index contributed by atoms with van der Waals surface area (Å²) in [7, 11) is 0. The number of rotatable bonds is 3. The number of hydrogen-bond acceptors (Lipinski definition) is 4. The summed E-state index contributed by atoms with van der Waals surface area (Å²) in [5.41, 5.74) is 0.786. The normalized spacial score (nSPS) is 22.8. The molecule has 17 heavy (non-hydrogen) atoms. The van der Waals surface area contributed by atoms with Crippen LogP contribution in [-0.2, 0) is 6.54 Å². The summed E-state index contributed by atoms with van der Waals surface area (Å²) in [4.78, 5) is 17.2. The van der Waals surface area contributed by atoms with Gasteiger partial charge < -0.3 is 5.11 Å². The predicted octanol–water partition coefficient (Wildman–Crippen LogP) is 2.22. The molecule has 5 heteroatoms. The first-order valence-corrected chi connectivity index (χ1v) is 6.95. The number of hydrogen-bond donors (Lipinski definition) is 1. The van der Waals surface area contributed by atoms with Gasteiger partial charge in [0.1, 0.15) is 5.01 Å². The molecular weight excluding hydrogens is 236 g/mol. The van der Waals surface area contributed by atoms with E-state index in [9.17, 15) is 4.79 Å². The standard InChI is InChI=1S/C12H16N2O2S/c15-11(16)9-6-17-10(13-9)5-14-7-12(8-14)3-1-2-4-12/h6H,1-5,7-8H2,(H,15,16). The van der Waals surface area contributed by atoms with E-state index in [1.54, 1.807) is 5.38 Å². The van der Waals surface area contributed by atoms with Crippen molar-refractivity contribution in [2.45, 2.75) is 32.2 Å². The van der Waals surface area contributed by atoms with Crippen LogP contribution in [0.1, 0.15) is 41.2 Å². The number of carbonyl (C=O) groups is 1. The van der Waals surface area contributed by atoms with Crippen molar-refractivity contribution in [3.05, 3.63) is 16.1 Å². The van der Waals surface area contributed by atoms with Crippen LogP contribution in [0.2, 0.25) is 0 Å². The first-order chi connectivity index (χ1) is 8.17. The van der Waals surface area contributed by atoms with Crippen LogP contribution < -0.4 is 0 Å². The molecule has 0 atom stereocenters. The van der Waals surface area contributed by atoms with Crippen LogP contribution in [0, 0.1) is 5.41 Å². The highest BCUT2D eigenvalue weighted by Crippen LogP contribution is 2.45. The van der Waals surface area contributed by atoms with Crippen LogP contribution in [-0.4, -0.2) is 34.0 Å². The summed E-state index contributed by atoms with van der Waals surface area (Å²) in [6.07, 6.45) is 5.52. The molecule has 1 aromatic heterocycles. The van der Waals surface area contributed by atoms with E-state index in [1.165, 1.54) is 50.1 Å². The van der Waals surface area contributed by atoms with Gasteiger partial charge in [-0.05, 0) is 18.3 Å². The zero-order valence-corrected chi connectivity index (χ0v) is 10.5. The van der Waals surface area contributed by atoms with Crippen molar-refractivity contribution in [3.63, 3.8) is 0 Å². The van der Waals surface area contributed by atoms with E-state index in [4.69, 9.17) is 5.11 Å². The second-order valence-corrected chi connectivity index (χ2v) is 6.23. The fraction of sp³-hybridized carbons (Fsp3) is 0.667. The third-order valence-electron chi connectivity index (χ3n) is 3.91. The highest BCUT2D eigenvalue weighted by molar-refractivity contribution is 7.09. The molecule has 92 valence electrons. The first-order valence-electron chi connectivity index (χ1n) is 6.07. The van der Waals surface area contributed by atoms with Gasteiger partial charge in [-0.1, -0.05) is 12.8 Å². The van der Waals surface area contributed by atoms with Crippen LogP contribution in [0.3, 0.4) is 0 Å². The molecule has 4 nitrogen and oxygen atoms in total. The lowest BCUT2D eigenvalue weighted by atomic mass is 9.78. The van der Waals surface area contributed by atoms with E-state index >= 15 is 0 Å². The molecule has 2 heterocycles. The Morgan fingerprint density at radius 3 is 2.76 bits per heavy atom. The van der Waals surface area contributed by atoms with Crippen LogP contribution in [0.15, 0.2) is 5.38 Å². The zero-order valence-electron chi connectivity index (χ0n) is 9.69. The van der Waals surface area contributed by atoms with Gasteiger partial charge in [0.25, 0.3) is 0 Å². The minimum absolute atomic E-state index is 0.182. The molecule has 2 aliphatic rings. The van der Waals surface area contributed by atoms with Gasteiger partial charge in [0.2, 0.25) is 0 Å². The van der Waals surface area contributed by atoms with Crippen molar-refractivity contribution < 1.29 is 9.90 Å².